The average Bonchev–Trinajstić information content (AvgIpc) is 2.85. The lowest BCUT2D eigenvalue weighted by molar-refractivity contribution is -0.149. The molecular formula is C26H35FN2O6. The number of hydrogen-bond acceptors (Lipinski definition) is 5. The summed E-state index contributed by atoms with van der Waals surface area (Å²) in [5.74, 6) is -0.0981. The van der Waals surface area contributed by atoms with Crippen LogP contribution in [0.3, 0.4) is 0 Å². The summed E-state index contributed by atoms with van der Waals surface area (Å²) in [5.41, 5.74) is 0.833. The number of rotatable bonds is 16. The van der Waals surface area contributed by atoms with Crippen molar-refractivity contribution < 1.29 is 33.3 Å². The minimum atomic E-state index is -0.989. The van der Waals surface area contributed by atoms with Gasteiger partial charge >= 0.3 is 12.0 Å². The fourth-order valence-corrected chi connectivity index (χ4v) is 3.26. The van der Waals surface area contributed by atoms with E-state index >= 15 is 0 Å². The molecule has 1 unspecified atom stereocenters. The molecule has 2 N–H and O–H groups in total. The first-order chi connectivity index (χ1) is 16.9. The van der Waals surface area contributed by atoms with Gasteiger partial charge in [-0.3, -0.25) is 0 Å². The Hall–Kier alpha value is -3.33. The first kappa shape index (κ1) is 27.9. The lowest BCUT2D eigenvalue weighted by atomic mass is 10.1. The Morgan fingerprint density at radius 1 is 0.971 bits per heavy atom. The second-order valence-electron chi connectivity index (χ2n) is 7.85. The van der Waals surface area contributed by atoms with E-state index in [9.17, 15) is 19.1 Å². The summed E-state index contributed by atoms with van der Waals surface area (Å²) >= 11 is 0. The van der Waals surface area contributed by atoms with Crippen LogP contribution in [0, 0.1) is 5.82 Å². The van der Waals surface area contributed by atoms with Gasteiger partial charge in [-0.2, -0.15) is 0 Å². The maximum absolute atomic E-state index is 13.0. The van der Waals surface area contributed by atoms with Crippen molar-refractivity contribution in [2.45, 2.75) is 39.2 Å². The minimum Gasteiger partial charge on any atom is -0.494 e. The highest BCUT2D eigenvalue weighted by atomic mass is 19.1. The lowest BCUT2D eigenvalue weighted by Crippen LogP contribution is -2.43. The number of urea groups is 1. The van der Waals surface area contributed by atoms with E-state index in [0.29, 0.717) is 57.4 Å². The number of hydrogen-bond donors (Lipinski definition) is 2. The van der Waals surface area contributed by atoms with Crippen LogP contribution in [0.25, 0.3) is 0 Å². The molecule has 0 radical (unpaired) electrons. The van der Waals surface area contributed by atoms with Gasteiger partial charge in [-0.1, -0.05) is 19.1 Å². The van der Waals surface area contributed by atoms with E-state index < -0.39 is 12.1 Å². The Labute approximate surface area is 206 Å². The van der Waals surface area contributed by atoms with Gasteiger partial charge in [0.1, 0.15) is 23.9 Å². The standard InChI is InChI=1S/C26H35FN2O6/c1-3-14-28-26(32)29(15-5-17-34-23-12-8-21(27)9-13-23)16-18-35-22-10-6-20(7-11-22)19-24(25(30)31)33-4-2/h6-13,24H,3-5,14-19H2,1-2H3,(H,28,32)(H,30,31). The highest BCUT2D eigenvalue weighted by molar-refractivity contribution is 5.74. The van der Waals surface area contributed by atoms with Gasteiger partial charge in [0.05, 0.1) is 13.2 Å². The van der Waals surface area contributed by atoms with Gasteiger partial charge in [0.15, 0.2) is 6.10 Å². The van der Waals surface area contributed by atoms with Crippen molar-refractivity contribution >= 4 is 12.0 Å². The zero-order valence-electron chi connectivity index (χ0n) is 20.4. The van der Waals surface area contributed by atoms with Crippen molar-refractivity contribution in [2.24, 2.45) is 0 Å². The summed E-state index contributed by atoms with van der Waals surface area (Å²) < 4.78 is 29.7. The fourth-order valence-electron chi connectivity index (χ4n) is 3.26. The number of nitrogens with zero attached hydrogens (tertiary/aromatic N) is 1. The molecular weight excluding hydrogens is 455 g/mol. The molecule has 0 aliphatic heterocycles. The third-order valence-corrected chi connectivity index (χ3v) is 5.09. The Kier molecular flexibility index (Phi) is 12.4. The minimum absolute atomic E-state index is 0.164. The van der Waals surface area contributed by atoms with E-state index in [0.717, 1.165) is 12.0 Å². The SMILES string of the molecule is CCCNC(=O)N(CCCOc1ccc(F)cc1)CCOc1ccc(CC(OCC)C(=O)O)cc1. The number of aliphatic carboxylic acids is 1. The van der Waals surface area contributed by atoms with Crippen molar-refractivity contribution in [3.05, 3.63) is 59.9 Å². The van der Waals surface area contributed by atoms with Crippen LogP contribution in [0.15, 0.2) is 48.5 Å². The number of nitrogens with one attached hydrogen (secondary N) is 1. The zero-order chi connectivity index (χ0) is 25.5. The van der Waals surface area contributed by atoms with Gasteiger partial charge in [0, 0.05) is 26.1 Å². The molecule has 9 heteroatoms. The van der Waals surface area contributed by atoms with Crippen molar-refractivity contribution in [3.8, 4) is 11.5 Å². The van der Waals surface area contributed by atoms with Crippen LogP contribution in [-0.4, -0.2) is 67.6 Å². The number of carboxylic acid groups (broad SMARTS) is 1. The third-order valence-electron chi connectivity index (χ3n) is 5.09. The zero-order valence-corrected chi connectivity index (χ0v) is 20.4. The molecule has 0 spiro atoms. The maximum atomic E-state index is 13.0. The van der Waals surface area contributed by atoms with Crippen LogP contribution >= 0.6 is 0 Å². The first-order valence-electron chi connectivity index (χ1n) is 11.9. The van der Waals surface area contributed by atoms with Crippen LogP contribution < -0.4 is 14.8 Å². The molecule has 0 bridgehead atoms. The first-order valence-corrected chi connectivity index (χ1v) is 11.9. The Bertz CT molecular complexity index is 892. The molecule has 0 saturated heterocycles. The van der Waals surface area contributed by atoms with Gasteiger partial charge in [-0.05, 0) is 61.7 Å². The Morgan fingerprint density at radius 3 is 2.20 bits per heavy atom. The molecule has 1 atom stereocenters. The molecule has 0 aliphatic carbocycles. The maximum Gasteiger partial charge on any atom is 0.333 e. The van der Waals surface area contributed by atoms with E-state index in [1.165, 1.54) is 12.1 Å². The largest absolute Gasteiger partial charge is 0.494 e. The summed E-state index contributed by atoms with van der Waals surface area (Å²) in [6.45, 7) is 6.23. The van der Waals surface area contributed by atoms with Crippen molar-refractivity contribution in [1.29, 1.82) is 0 Å². The molecule has 2 rings (SSSR count). The molecule has 2 aromatic rings. The molecule has 0 saturated carbocycles. The molecule has 0 heterocycles. The van der Waals surface area contributed by atoms with Crippen LogP contribution in [0.5, 0.6) is 11.5 Å². The van der Waals surface area contributed by atoms with E-state index in [2.05, 4.69) is 5.32 Å². The van der Waals surface area contributed by atoms with Crippen LogP contribution in [0.1, 0.15) is 32.3 Å². The van der Waals surface area contributed by atoms with Gasteiger partial charge in [0.25, 0.3) is 0 Å². The van der Waals surface area contributed by atoms with Gasteiger partial charge in [-0.15, -0.1) is 0 Å². The summed E-state index contributed by atoms with van der Waals surface area (Å²) in [7, 11) is 0. The fraction of sp³-hybridized carbons (Fsp3) is 0.462. The molecule has 35 heavy (non-hydrogen) atoms. The monoisotopic (exact) mass is 490 g/mol. The number of carbonyl (C=O) groups excluding carboxylic acids is 1. The molecule has 2 amide bonds. The molecule has 2 aromatic carbocycles. The molecule has 8 nitrogen and oxygen atoms in total. The summed E-state index contributed by atoms with van der Waals surface area (Å²) in [6.07, 6.45) is 0.835. The molecule has 0 aromatic heterocycles. The number of ether oxygens (including phenoxy) is 3. The molecule has 0 fully saturated rings. The number of halogens is 1. The van der Waals surface area contributed by atoms with Crippen molar-refractivity contribution in [3.63, 3.8) is 0 Å². The van der Waals surface area contributed by atoms with E-state index in [-0.39, 0.29) is 18.3 Å². The normalized spacial score (nSPS) is 11.5. The second kappa shape index (κ2) is 15.5. The van der Waals surface area contributed by atoms with Crippen LogP contribution in [-0.2, 0) is 16.0 Å². The number of carboxylic acids is 1. The van der Waals surface area contributed by atoms with Gasteiger partial charge in [-0.25, -0.2) is 14.0 Å². The van der Waals surface area contributed by atoms with E-state index in [1.54, 1.807) is 36.1 Å². The van der Waals surface area contributed by atoms with Crippen LogP contribution in [0.4, 0.5) is 9.18 Å². The quantitative estimate of drug-likeness (QED) is 0.344. The van der Waals surface area contributed by atoms with Gasteiger partial charge in [0.2, 0.25) is 0 Å². The highest BCUT2D eigenvalue weighted by Gasteiger charge is 2.18. The average molecular weight is 491 g/mol. The molecule has 192 valence electrons. The number of carbonyl (C=O) groups is 2. The topological polar surface area (TPSA) is 97.3 Å². The summed E-state index contributed by atoms with van der Waals surface area (Å²) in [4.78, 5) is 25.5. The number of benzene rings is 2. The Balaban J connectivity index is 1.81. The van der Waals surface area contributed by atoms with Crippen molar-refractivity contribution in [1.82, 2.24) is 10.2 Å². The predicted molar refractivity (Wildman–Crippen MR) is 130 cm³/mol. The second-order valence-corrected chi connectivity index (χ2v) is 7.85. The third kappa shape index (κ3) is 10.6. The molecule has 0 aliphatic rings. The summed E-state index contributed by atoms with van der Waals surface area (Å²) in [6, 6.07) is 12.8. The highest BCUT2D eigenvalue weighted by Crippen LogP contribution is 2.15. The summed E-state index contributed by atoms with van der Waals surface area (Å²) in [5, 5.41) is 12.1. The van der Waals surface area contributed by atoms with Gasteiger partial charge < -0.3 is 29.5 Å². The predicted octanol–water partition coefficient (Wildman–Crippen LogP) is 4.13. The van der Waals surface area contributed by atoms with Crippen molar-refractivity contribution in [2.75, 3.05) is 39.5 Å². The smallest absolute Gasteiger partial charge is 0.333 e. The van der Waals surface area contributed by atoms with E-state index in [4.69, 9.17) is 14.2 Å². The number of amides is 2. The van der Waals surface area contributed by atoms with E-state index in [1.807, 2.05) is 19.1 Å². The Morgan fingerprint density at radius 2 is 1.60 bits per heavy atom. The lowest BCUT2D eigenvalue weighted by Gasteiger charge is -2.23. The van der Waals surface area contributed by atoms with Crippen LogP contribution in [0.2, 0.25) is 0 Å².